The van der Waals surface area contributed by atoms with Crippen LogP contribution in [-0.2, 0) is 4.79 Å². The summed E-state index contributed by atoms with van der Waals surface area (Å²) in [5.41, 5.74) is -0.207. The van der Waals surface area contributed by atoms with Crippen LogP contribution in [0.1, 0.15) is 20.8 Å². The largest absolute Gasteiger partial charge is 0.360 e. The molecule has 1 heterocycles. The van der Waals surface area contributed by atoms with Gasteiger partial charge in [0.25, 0.3) is 0 Å². The van der Waals surface area contributed by atoms with Crippen LogP contribution in [0.15, 0.2) is 11.6 Å². The van der Waals surface area contributed by atoms with Crippen molar-refractivity contribution in [1.29, 1.82) is 0 Å². The van der Waals surface area contributed by atoms with Crippen LogP contribution in [-0.4, -0.2) is 23.1 Å². The summed E-state index contributed by atoms with van der Waals surface area (Å²) in [5.74, 6) is 1.22. The minimum absolute atomic E-state index is 0. The van der Waals surface area contributed by atoms with E-state index >= 15 is 0 Å². The van der Waals surface area contributed by atoms with E-state index in [9.17, 15) is 4.79 Å². The van der Waals surface area contributed by atoms with Gasteiger partial charge in [-0.15, -0.1) is 28.7 Å². The molecule has 0 atom stereocenters. The first-order valence-electron chi connectivity index (χ1n) is 4.06. The number of carbonyl (C=O) groups is 1. The van der Waals surface area contributed by atoms with Gasteiger partial charge >= 0.3 is 0 Å². The molecule has 0 saturated heterocycles. The molecular formula is C9H16BrNOS. The molecule has 0 saturated carbocycles. The summed E-state index contributed by atoms with van der Waals surface area (Å²) in [6.45, 7) is 6.43. The maximum absolute atomic E-state index is 11.5. The van der Waals surface area contributed by atoms with E-state index in [2.05, 4.69) is 0 Å². The van der Waals surface area contributed by atoms with Crippen molar-refractivity contribution in [2.45, 2.75) is 20.8 Å². The highest BCUT2D eigenvalue weighted by Gasteiger charge is 2.22. The monoisotopic (exact) mass is 265 g/mol. The van der Waals surface area contributed by atoms with Crippen LogP contribution in [0, 0.1) is 5.41 Å². The van der Waals surface area contributed by atoms with E-state index in [-0.39, 0.29) is 22.4 Å². The number of thioether (sulfide) groups is 1. The highest BCUT2D eigenvalue weighted by atomic mass is 79.9. The molecule has 76 valence electrons. The molecule has 0 aliphatic carbocycles. The fourth-order valence-corrected chi connectivity index (χ4v) is 1.54. The number of nitrogens with zero attached hydrogens (tertiary/aromatic N) is 1. The Bertz CT molecular complexity index is 210. The fraction of sp³-hybridized carbons (Fsp3) is 0.667. The molecule has 0 amide bonds. The van der Waals surface area contributed by atoms with E-state index in [4.69, 9.17) is 0 Å². The van der Waals surface area contributed by atoms with Crippen LogP contribution >= 0.6 is 28.7 Å². The van der Waals surface area contributed by atoms with Crippen LogP contribution in [0.4, 0.5) is 0 Å². The Labute approximate surface area is 94.5 Å². The first-order chi connectivity index (χ1) is 5.50. The van der Waals surface area contributed by atoms with Crippen molar-refractivity contribution in [3.05, 3.63) is 11.6 Å². The first kappa shape index (κ1) is 13.0. The molecule has 0 spiro atoms. The number of halogens is 1. The molecule has 0 fully saturated rings. The molecule has 0 unspecified atom stereocenters. The number of hydrogen-bond donors (Lipinski definition) is 0. The van der Waals surface area contributed by atoms with Gasteiger partial charge in [0.15, 0.2) is 5.78 Å². The van der Waals surface area contributed by atoms with Crippen LogP contribution in [0.5, 0.6) is 0 Å². The van der Waals surface area contributed by atoms with Crippen molar-refractivity contribution in [2.75, 3.05) is 12.4 Å². The zero-order valence-corrected chi connectivity index (χ0v) is 10.8. The second kappa shape index (κ2) is 5.05. The third-order valence-electron chi connectivity index (χ3n) is 1.79. The SMILES string of the molecule is Br.CC(C)(C)C(=O)CN1C=CSC1. The standard InChI is InChI=1S/C9H15NOS.BrH/c1-9(2,3)8(11)6-10-4-5-12-7-10;/h4-5H,6-7H2,1-3H3;1H. The van der Waals surface area contributed by atoms with Gasteiger partial charge in [0.2, 0.25) is 0 Å². The Hall–Kier alpha value is 0.0400. The molecule has 1 aliphatic heterocycles. The van der Waals surface area contributed by atoms with Gasteiger partial charge in [-0.05, 0) is 5.41 Å². The Morgan fingerprint density at radius 1 is 1.54 bits per heavy atom. The number of ketones is 1. The summed E-state index contributed by atoms with van der Waals surface area (Å²) in [5, 5.41) is 2.02. The summed E-state index contributed by atoms with van der Waals surface area (Å²) >= 11 is 1.73. The minimum atomic E-state index is -0.207. The summed E-state index contributed by atoms with van der Waals surface area (Å²) in [4.78, 5) is 13.6. The third kappa shape index (κ3) is 4.18. The van der Waals surface area contributed by atoms with Crippen molar-refractivity contribution in [3.8, 4) is 0 Å². The van der Waals surface area contributed by atoms with E-state index in [0.717, 1.165) is 5.88 Å². The van der Waals surface area contributed by atoms with Gasteiger partial charge < -0.3 is 4.90 Å². The molecule has 1 aliphatic rings. The predicted molar refractivity (Wildman–Crippen MR) is 63.1 cm³/mol. The molecule has 1 rings (SSSR count). The molecule has 0 aromatic carbocycles. The smallest absolute Gasteiger partial charge is 0.157 e. The van der Waals surface area contributed by atoms with E-state index in [1.807, 2.05) is 37.3 Å². The Morgan fingerprint density at radius 3 is 2.54 bits per heavy atom. The van der Waals surface area contributed by atoms with E-state index in [1.165, 1.54) is 0 Å². The molecule has 2 nitrogen and oxygen atoms in total. The number of hydrogen-bond acceptors (Lipinski definition) is 3. The topological polar surface area (TPSA) is 20.3 Å². The summed E-state index contributed by atoms with van der Waals surface area (Å²) in [6, 6.07) is 0. The lowest BCUT2D eigenvalue weighted by Gasteiger charge is -2.21. The molecule has 13 heavy (non-hydrogen) atoms. The van der Waals surface area contributed by atoms with Gasteiger partial charge in [0, 0.05) is 11.6 Å². The Morgan fingerprint density at radius 2 is 2.15 bits per heavy atom. The van der Waals surface area contributed by atoms with Gasteiger partial charge in [-0.25, -0.2) is 0 Å². The van der Waals surface area contributed by atoms with Crippen molar-refractivity contribution < 1.29 is 4.79 Å². The van der Waals surface area contributed by atoms with Gasteiger partial charge in [0.1, 0.15) is 0 Å². The second-order valence-electron chi connectivity index (χ2n) is 4.00. The molecule has 0 aromatic rings. The highest BCUT2D eigenvalue weighted by Crippen LogP contribution is 2.19. The average molecular weight is 266 g/mol. The van der Waals surface area contributed by atoms with Crippen molar-refractivity contribution in [3.63, 3.8) is 0 Å². The predicted octanol–water partition coefficient (Wildman–Crippen LogP) is 2.66. The molecule has 0 N–H and O–H groups in total. The second-order valence-corrected chi connectivity index (χ2v) is 4.86. The number of Topliss-reactive ketones (excluding diaryl/α,β-unsaturated/α-hetero) is 1. The molecule has 0 aromatic heterocycles. The van der Waals surface area contributed by atoms with Crippen LogP contribution in [0.3, 0.4) is 0 Å². The van der Waals surface area contributed by atoms with Crippen molar-refractivity contribution in [2.24, 2.45) is 5.41 Å². The quantitative estimate of drug-likeness (QED) is 0.766. The van der Waals surface area contributed by atoms with Crippen molar-refractivity contribution >= 4 is 34.5 Å². The fourth-order valence-electron chi connectivity index (χ4n) is 0.831. The molecule has 0 radical (unpaired) electrons. The normalized spacial score (nSPS) is 15.8. The van der Waals surface area contributed by atoms with E-state index in [0.29, 0.717) is 12.3 Å². The van der Waals surface area contributed by atoms with Gasteiger partial charge in [-0.2, -0.15) is 0 Å². The zero-order valence-electron chi connectivity index (χ0n) is 8.24. The number of rotatable bonds is 2. The van der Waals surface area contributed by atoms with Crippen LogP contribution in [0.2, 0.25) is 0 Å². The summed E-state index contributed by atoms with van der Waals surface area (Å²) in [6.07, 6.45) is 1.98. The molecule has 0 bridgehead atoms. The number of carbonyl (C=O) groups excluding carboxylic acids is 1. The van der Waals surface area contributed by atoms with E-state index < -0.39 is 0 Å². The van der Waals surface area contributed by atoms with Crippen LogP contribution < -0.4 is 0 Å². The van der Waals surface area contributed by atoms with E-state index in [1.54, 1.807) is 11.8 Å². The molecule has 4 heteroatoms. The Kier molecular flexibility index (Phi) is 5.07. The highest BCUT2D eigenvalue weighted by molar-refractivity contribution is 8.93. The Balaban J connectivity index is 0.00000144. The van der Waals surface area contributed by atoms with Gasteiger partial charge in [-0.1, -0.05) is 20.8 Å². The van der Waals surface area contributed by atoms with Gasteiger partial charge in [0.05, 0.1) is 12.4 Å². The maximum atomic E-state index is 11.5. The van der Waals surface area contributed by atoms with Crippen LogP contribution in [0.25, 0.3) is 0 Å². The minimum Gasteiger partial charge on any atom is -0.360 e. The summed E-state index contributed by atoms with van der Waals surface area (Å²) < 4.78 is 0. The summed E-state index contributed by atoms with van der Waals surface area (Å²) in [7, 11) is 0. The average Bonchev–Trinajstić information content (AvgIpc) is 2.37. The maximum Gasteiger partial charge on any atom is 0.157 e. The van der Waals surface area contributed by atoms with Gasteiger partial charge in [-0.3, -0.25) is 4.79 Å². The lowest BCUT2D eigenvalue weighted by Crippen LogP contribution is -2.31. The third-order valence-corrected chi connectivity index (χ3v) is 2.59. The lowest BCUT2D eigenvalue weighted by molar-refractivity contribution is -0.126. The first-order valence-corrected chi connectivity index (χ1v) is 5.10. The zero-order chi connectivity index (χ0) is 9.19. The lowest BCUT2D eigenvalue weighted by atomic mass is 9.91. The van der Waals surface area contributed by atoms with Crippen molar-refractivity contribution in [1.82, 2.24) is 4.90 Å². The molecular weight excluding hydrogens is 250 g/mol.